The number of rotatable bonds is 3. The van der Waals surface area contributed by atoms with Crippen LogP contribution in [0.1, 0.15) is 20.3 Å². The van der Waals surface area contributed by atoms with Crippen molar-refractivity contribution in [3.8, 4) is 0 Å². The Morgan fingerprint density at radius 1 is 1.62 bits per heavy atom. The van der Waals surface area contributed by atoms with Gasteiger partial charge in [0.2, 0.25) is 5.82 Å². The van der Waals surface area contributed by atoms with Gasteiger partial charge in [-0.1, -0.05) is 13.8 Å². The van der Waals surface area contributed by atoms with Crippen LogP contribution in [-0.4, -0.2) is 15.9 Å². The Labute approximate surface area is 93.0 Å². The molecule has 1 atom stereocenters. The summed E-state index contributed by atoms with van der Waals surface area (Å²) in [5, 5.41) is 13.7. The molecule has 0 radical (unpaired) electrons. The summed E-state index contributed by atoms with van der Waals surface area (Å²) in [6.45, 7) is 4.30. The van der Waals surface area contributed by atoms with Gasteiger partial charge in [-0.05, 0) is 17.9 Å². The highest BCUT2D eigenvalue weighted by atomic mass is 16.6. The number of hydrogen-bond acceptors (Lipinski definition) is 5. The molecule has 0 saturated heterocycles. The third kappa shape index (κ3) is 1.91. The van der Waals surface area contributed by atoms with Crippen molar-refractivity contribution in [3.63, 3.8) is 0 Å². The quantitative estimate of drug-likeness (QED) is 0.600. The van der Waals surface area contributed by atoms with E-state index in [0.29, 0.717) is 11.9 Å². The molecule has 1 fully saturated rings. The third-order valence-electron chi connectivity index (χ3n) is 2.93. The maximum absolute atomic E-state index is 10.5. The molecule has 0 aliphatic heterocycles. The van der Waals surface area contributed by atoms with Crippen molar-refractivity contribution < 1.29 is 4.92 Å². The van der Waals surface area contributed by atoms with Crippen LogP contribution in [0.5, 0.6) is 0 Å². The number of nitrogens with zero attached hydrogens (tertiary/aromatic N) is 2. The van der Waals surface area contributed by atoms with E-state index in [9.17, 15) is 10.1 Å². The first-order valence-corrected chi connectivity index (χ1v) is 5.07. The van der Waals surface area contributed by atoms with Crippen molar-refractivity contribution in [3.05, 3.63) is 22.2 Å². The molecule has 2 rings (SSSR count). The van der Waals surface area contributed by atoms with E-state index in [1.165, 1.54) is 6.07 Å². The van der Waals surface area contributed by atoms with Crippen LogP contribution in [0.3, 0.4) is 0 Å². The summed E-state index contributed by atoms with van der Waals surface area (Å²) in [4.78, 5) is 14.0. The molecule has 1 heterocycles. The van der Waals surface area contributed by atoms with Crippen molar-refractivity contribution in [1.82, 2.24) is 4.98 Å². The molecule has 3 N–H and O–H groups in total. The molecule has 1 aromatic rings. The normalized spacial score (nSPS) is 21.5. The Hall–Kier alpha value is -1.85. The van der Waals surface area contributed by atoms with Gasteiger partial charge in [0.25, 0.3) is 0 Å². The molecule has 6 nitrogen and oxygen atoms in total. The lowest BCUT2D eigenvalue weighted by molar-refractivity contribution is -0.384. The minimum atomic E-state index is -0.535. The summed E-state index contributed by atoms with van der Waals surface area (Å²) in [5.74, 6) is 0.548. The average Bonchev–Trinajstić information content (AvgIpc) is 2.72. The van der Waals surface area contributed by atoms with Crippen LogP contribution in [0.25, 0.3) is 0 Å². The topological polar surface area (TPSA) is 94.1 Å². The predicted molar refractivity (Wildman–Crippen MR) is 61.1 cm³/mol. The summed E-state index contributed by atoms with van der Waals surface area (Å²) in [7, 11) is 0. The molecule has 0 aromatic carbocycles. The molecule has 0 bridgehead atoms. The minimum Gasteiger partial charge on any atom is -0.378 e. The van der Waals surface area contributed by atoms with E-state index in [1.807, 2.05) is 0 Å². The monoisotopic (exact) mass is 222 g/mol. The number of nitrogens with two attached hydrogens (primary N) is 1. The summed E-state index contributed by atoms with van der Waals surface area (Å²) < 4.78 is 0. The van der Waals surface area contributed by atoms with Gasteiger partial charge in [-0.15, -0.1) is 0 Å². The maximum atomic E-state index is 10.5. The highest BCUT2D eigenvalue weighted by molar-refractivity contribution is 5.57. The molecule has 1 aliphatic rings. The Balaban J connectivity index is 2.13. The summed E-state index contributed by atoms with van der Waals surface area (Å²) in [5.41, 5.74) is 5.62. The highest BCUT2D eigenvalue weighted by Gasteiger charge is 2.45. The molecule has 16 heavy (non-hydrogen) atoms. The van der Waals surface area contributed by atoms with Crippen LogP contribution in [0.15, 0.2) is 12.1 Å². The lowest BCUT2D eigenvalue weighted by Gasteiger charge is -2.07. The second kappa shape index (κ2) is 3.33. The number of hydrogen-bond donors (Lipinski definition) is 2. The van der Waals surface area contributed by atoms with Crippen molar-refractivity contribution in [2.75, 3.05) is 11.1 Å². The molecule has 1 aromatic heterocycles. The Kier molecular flexibility index (Phi) is 2.22. The Bertz CT molecular complexity index is 444. The largest absolute Gasteiger partial charge is 0.378 e. The van der Waals surface area contributed by atoms with Gasteiger partial charge in [-0.3, -0.25) is 10.1 Å². The van der Waals surface area contributed by atoms with Crippen LogP contribution < -0.4 is 11.1 Å². The van der Waals surface area contributed by atoms with Gasteiger partial charge in [-0.25, -0.2) is 4.98 Å². The smallest absolute Gasteiger partial charge is 0.311 e. The van der Waals surface area contributed by atoms with Gasteiger partial charge in [0.15, 0.2) is 0 Å². The second-order valence-electron chi connectivity index (χ2n) is 4.75. The van der Waals surface area contributed by atoms with Crippen LogP contribution in [0.4, 0.5) is 17.3 Å². The van der Waals surface area contributed by atoms with Gasteiger partial charge in [0.05, 0.1) is 4.92 Å². The number of anilines is 2. The first-order valence-electron chi connectivity index (χ1n) is 5.07. The van der Waals surface area contributed by atoms with Gasteiger partial charge in [0.1, 0.15) is 5.82 Å². The second-order valence-corrected chi connectivity index (χ2v) is 4.75. The van der Waals surface area contributed by atoms with E-state index < -0.39 is 4.92 Å². The van der Waals surface area contributed by atoms with Crippen LogP contribution in [0.2, 0.25) is 0 Å². The zero-order valence-corrected chi connectivity index (χ0v) is 9.23. The lowest BCUT2D eigenvalue weighted by atomic mass is 10.2. The van der Waals surface area contributed by atoms with Crippen LogP contribution in [-0.2, 0) is 0 Å². The van der Waals surface area contributed by atoms with Crippen molar-refractivity contribution >= 4 is 17.3 Å². The molecule has 1 saturated carbocycles. The molecule has 86 valence electrons. The van der Waals surface area contributed by atoms with Crippen molar-refractivity contribution in [1.29, 1.82) is 0 Å². The zero-order chi connectivity index (χ0) is 11.9. The first-order chi connectivity index (χ1) is 7.40. The summed E-state index contributed by atoms with van der Waals surface area (Å²) in [6.07, 6.45) is 1.07. The fourth-order valence-electron chi connectivity index (χ4n) is 1.59. The van der Waals surface area contributed by atoms with E-state index in [2.05, 4.69) is 24.1 Å². The first kappa shape index (κ1) is 10.7. The van der Waals surface area contributed by atoms with E-state index in [0.717, 1.165) is 6.42 Å². The molecule has 0 amide bonds. The minimum absolute atomic E-state index is 0.0477. The van der Waals surface area contributed by atoms with Crippen LogP contribution in [0, 0.1) is 15.5 Å². The Morgan fingerprint density at radius 3 is 2.69 bits per heavy atom. The van der Waals surface area contributed by atoms with E-state index >= 15 is 0 Å². The van der Waals surface area contributed by atoms with E-state index in [4.69, 9.17) is 5.73 Å². The molecule has 1 aliphatic carbocycles. The molecule has 1 unspecified atom stereocenters. The number of nitro groups is 1. The van der Waals surface area contributed by atoms with E-state index in [1.54, 1.807) is 6.07 Å². The van der Waals surface area contributed by atoms with Gasteiger partial charge in [0, 0.05) is 12.1 Å². The van der Waals surface area contributed by atoms with Crippen LogP contribution >= 0.6 is 0 Å². The van der Waals surface area contributed by atoms with E-state index in [-0.39, 0.29) is 16.9 Å². The Morgan fingerprint density at radius 2 is 2.25 bits per heavy atom. The predicted octanol–water partition coefficient (Wildman–Crippen LogP) is 1.78. The third-order valence-corrected chi connectivity index (χ3v) is 2.93. The summed E-state index contributed by atoms with van der Waals surface area (Å²) in [6, 6.07) is 3.34. The van der Waals surface area contributed by atoms with Gasteiger partial charge in [-0.2, -0.15) is 0 Å². The maximum Gasteiger partial charge on any atom is 0.311 e. The highest BCUT2D eigenvalue weighted by Crippen LogP contribution is 2.46. The fraction of sp³-hybridized carbons (Fsp3) is 0.500. The standard InChI is InChI=1S/C10H14N4O2/c1-10(2)5-7(10)12-8-4-3-6(14(15)16)9(11)13-8/h3-4,7H,5H2,1-2H3,(H3,11,12,13). The summed E-state index contributed by atoms with van der Waals surface area (Å²) >= 11 is 0. The lowest BCUT2D eigenvalue weighted by Crippen LogP contribution is -2.10. The van der Waals surface area contributed by atoms with Gasteiger partial charge < -0.3 is 11.1 Å². The number of aromatic nitrogens is 1. The molecule has 0 spiro atoms. The zero-order valence-electron chi connectivity index (χ0n) is 9.23. The van der Waals surface area contributed by atoms with Crippen molar-refractivity contribution in [2.24, 2.45) is 5.41 Å². The van der Waals surface area contributed by atoms with Crippen molar-refractivity contribution in [2.45, 2.75) is 26.3 Å². The number of pyridine rings is 1. The molecule has 6 heteroatoms. The number of nitrogen functional groups attached to an aromatic ring is 1. The average molecular weight is 222 g/mol. The SMILES string of the molecule is CC1(C)CC1Nc1ccc([N+](=O)[O-])c(N)n1. The number of nitrogens with one attached hydrogen (secondary N) is 1. The van der Waals surface area contributed by atoms with Gasteiger partial charge >= 0.3 is 5.69 Å². The fourth-order valence-corrected chi connectivity index (χ4v) is 1.59. The molecular formula is C10H14N4O2. The molecular weight excluding hydrogens is 208 g/mol.